The van der Waals surface area contributed by atoms with Gasteiger partial charge in [-0.15, -0.1) is 0 Å². The van der Waals surface area contributed by atoms with Crippen LogP contribution in [0.4, 0.5) is 5.13 Å². The zero-order valence-electron chi connectivity index (χ0n) is 12.7. The monoisotopic (exact) mass is 320 g/mol. The Morgan fingerprint density at radius 3 is 2.23 bits per heavy atom. The van der Waals surface area contributed by atoms with Gasteiger partial charge in [-0.3, -0.25) is 14.9 Å². The third-order valence-corrected chi connectivity index (χ3v) is 4.17. The molecule has 1 amide bonds. The number of aryl methyl sites for hydroxylation is 1. The number of nitrogens with one attached hydrogen (secondary N) is 1. The molecule has 2 rings (SSSR count). The lowest BCUT2D eigenvalue weighted by Gasteiger charge is -2.11. The van der Waals surface area contributed by atoms with Crippen LogP contribution < -0.4 is 14.8 Å². The van der Waals surface area contributed by atoms with Crippen LogP contribution in [0.15, 0.2) is 18.2 Å². The second-order valence-electron chi connectivity index (χ2n) is 4.48. The molecule has 0 aliphatic rings. The van der Waals surface area contributed by atoms with E-state index in [1.807, 2.05) is 0 Å². The molecule has 0 aliphatic heterocycles. The van der Waals surface area contributed by atoms with Crippen molar-refractivity contribution in [2.45, 2.75) is 13.8 Å². The molecule has 0 saturated carbocycles. The van der Waals surface area contributed by atoms with E-state index in [0.717, 1.165) is 11.3 Å². The predicted molar refractivity (Wildman–Crippen MR) is 84.4 cm³/mol. The van der Waals surface area contributed by atoms with Gasteiger partial charge < -0.3 is 9.47 Å². The number of Topliss-reactive ketones (excluding diaryl/α,β-unsaturated/α-hetero) is 1. The van der Waals surface area contributed by atoms with Gasteiger partial charge in [-0.05, 0) is 19.1 Å². The zero-order valence-corrected chi connectivity index (χ0v) is 13.5. The summed E-state index contributed by atoms with van der Waals surface area (Å²) in [5.41, 5.74) is 0.879. The molecule has 0 unspecified atom stereocenters. The SMILES string of the molecule is COc1cccc(OC)c1C(=O)Nc1nc(C)c(C(C)=O)s1. The van der Waals surface area contributed by atoms with E-state index in [9.17, 15) is 9.59 Å². The van der Waals surface area contributed by atoms with Crippen LogP contribution in [-0.2, 0) is 0 Å². The zero-order chi connectivity index (χ0) is 16.3. The number of ketones is 1. The topological polar surface area (TPSA) is 77.5 Å². The maximum Gasteiger partial charge on any atom is 0.265 e. The van der Waals surface area contributed by atoms with E-state index in [2.05, 4.69) is 10.3 Å². The van der Waals surface area contributed by atoms with Crippen molar-refractivity contribution in [1.82, 2.24) is 4.98 Å². The predicted octanol–water partition coefficient (Wildman–Crippen LogP) is 2.92. The number of amides is 1. The first-order chi connectivity index (χ1) is 10.5. The average molecular weight is 320 g/mol. The Balaban J connectivity index is 2.33. The van der Waals surface area contributed by atoms with Gasteiger partial charge in [0.1, 0.15) is 17.1 Å². The highest BCUT2D eigenvalue weighted by Gasteiger charge is 2.20. The standard InChI is InChI=1S/C15H16N2O4S/c1-8-13(9(2)18)22-15(16-8)17-14(19)12-10(20-3)6-5-7-11(12)21-4/h5-7H,1-4H3,(H,16,17,19). The first-order valence-corrected chi connectivity index (χ1v) is 7.30. The van der Waals surface area contributed by atoms with Crippen LogP contribution >= 0.6 is 11.3 Å². The Labute approximate surface area is 132 Å². The number of benzene rings is 1. The summed E-state index contributed by atoms with van der Waals surface area (Å²) in [6, 6.07) is 5.08. The van der Waals surface area contributed by atoms with Gasteiger partial charge in [-0.1, -0.05) is 17.4 Å². The van der Waals surface area contributed by atoms with Crippen molar-refractivity contribution >= 4 is 28.2 Å². The lowest BCUT2D eigenvalue weighted by atomic mass is 10.1. The molecule has 0 fully saturated rings. The number of carbonyl (C=O) groups excluding carboxylic acids is 2. The van der Waals surface area contributed by atoms with Crippen LogP contribution in [0, 0.1) is 6.92 Å². The largest absolute Gasteiger partial charge is 0.496 e. The summed E-state index contributed by atoms with van der Waals surface area (Å²) in [7, 11) is 2.96. The average Bonchev–Trinajstić information content (AvgIpc) is 2.86. The van der Waals surface area contributed by atoms with Gasteiger partial charge in [-0.2, -0.15) is 0 Å². The lowest BCUT2D eigenvalue weighted by molar-refractivity contribution is 0.101. The molecule has 116 valence electrons. The normalized spacial score (nSPS) is 10.2. The van der Waals surface area contributed by atoms with Crippen LogP contribution in [0.1, 0.15) is 32.6 Å². The first kappa shape index (κ1) is 16.0. The van der Waals surface area contributed by atoms with Crippen LogP contribution in [-0.4, -0.2) is 30.9 Å². The third-order valence-electron chi connectivity index (χ3n) is 2.99. The van der Waals surface area contributed by atoms with Crippen molar-refractivity contribution in [1.29, 1.82) is 0 Å². The number of hydrogen-bond donors (Lipinski definition) is 1. The summed E-state index contributed by atoms with van der Waals surface area (Å²) in [5, 5.41) is 3.04. The van der Waals surface area contributed by atoms with Crippen LogP contribution in [0.2, 0.25) is 0 Å². The molecular weight excluding hydrogens is 304 g/mol. The molecule has 1 N–H and O–H groups in total. The summed E-state index contributed by atoms with van der Waals surface area (Å²) in [4.78, 5) is 28.7. The summed E-state index contributed by atoms with van der Waals surface area (Å²) < 4.78 is 10.4. The minimum Gasteiger partial charge on any atom is -0.496 e. The van der Waals surface area contributed by atoms with Crippen molar-refractivity contribution < 1.29 is 19.1 Å². The summed E-state index contributed by atoms with van der Waals surface area (Å²) in [6.45, 7) is 3.20. The van der Waals surface area contributed by atoms with E-state index < -0.39 is 5.91 Å². The highest BCUT2D eigenvalue weighted by Crippen LogP contribution is 2.30. The number of methoxy groups -OCH3 is 2. The summed E-state index contributed by atoms with van der Waals surface area (Å²) in [5.74, 6) is 0.317. The number of hydrogen-bond acceptors (Lipinski definition) is 6. The van der Waals surface area contributed by atoms with E-state index in [1.165, 1.54) is 21.1 Å². The molecule has 22 heavy (non-hydrogen) atoms. The molecule has 0 bridgehead atoms. The molecule has 0 spiro atoms. The van der Waals surface area contributed by atoms with Crippen molar-refractivity contribution in [3.8, 4) is 11.5 Å². The molecule has 1 aromatic carbocycles. The van der Waals surface area contributed by atoms with Gasteiger partial charge in [0.2, 0.25) is 0 Å². The highest BCUT2D eigenvalue weighted by atomic mass is 32.1. The number of thiazole rings is 1. The lowest BCUT2D eigenvalue weighted by Crippen LogP contribution is -2.14. The first-order valence-electron chi connectivity index (χ1n) is 6.48. The smallest absolute Gasteiger partial charge is 0.265 e. The van der Waals surface area contributed by atoms with Gasteiger partial charge in [0.25, 0.3) is 5.91 Å². The second kappa shape index (κ2) is 6.57. The van der Waals surface area contributed by atoms with Crippen LogP contribution in [0.25, 0.3) is 0 Å². The second-order valence-corrected chi connectivity index (χ2v) is 5.48. The van der Waals surface area contributed by atoms with E-state index in [4.69, 9.17) is 9.47 Å². The van der Waals surface area contributed by atoms with Crippen LogP contribution in [0.5, 0.6) is 11.5 Å². The van der Waals surface area contributed by atoms with E-state index in [1.54, 1.807) is 25.1 Å². The Bertz CT molecular complexity index is 702. The molecule has 6 nitrogen and oxygen atoms in total. The van der Waals surface area contributed by atoms with Gasteiger partial charge >= 0.3 is 0 Å². The molecule has 2 aromatic rings. The maximum atomic E-state index is 12.5. The van der Waals surface area contributed by atoms with E-state index >= 15 is 0 Å². The van der Waals surface area contributed by atoms with Gasteiger partial charge in [0.05, 0.1) is 24.8 Å². The number of aromatic nitrogens is 1. The molecule has 1 heterocycles. The summed E-state index contributed by atoms with van der Waals surface area (Å²) >= 11 is 1.14. The summed E-state index contributed by atoms with van der Waals surface area (Å²) in [6.07, 6.45) is 0. The molecule has 7 heteroatoms. The fourth-order valence-corrected chi connectivity index (χ4v) is 2.87. The quantitative estimate of drug-likeness (QED) is 0.857. The van der Waals surface area contributed by atoms with E-state index in [-0.39, 0.29) is 11.3 Å². The Kier molecular flexibility index (Phi) is 4.77. The van der Waals surface area contributed by atoms with Crippen molar-refractivity contribution in [2.75, 3.05) is 19.5 Å². The molecule has 0 atom stereocenters. The fourth-order valence-electron chi connectivity index (χ4n) is 2.01. The van der Waals surface area contributed by atoms with Crippen LogP contribution in [0.3, 0.4) is 0 Å². The number of rotatable bonds is 5. The minimum atomic E-state index is -0.404. The van der Waals surface area contributed by atoms with E-state index in [0.29, 0.717) is 27.2 Å². The number of ether oxygens (including phenoxy) is 2. The fraction of sp³-hybridized carbons (Fsp3) is 0.267. The molecular formula is C15H16N2O4S. The molecule has 0 radical (unpaired) electrons. The number of carbonyl (C=O) groups is 2. The minimum absolute atomic E-state index is 0.0784. The van der Waals surface area contributed by atoms with Gasteiger partial charge in [0, 0.05) is 6.92 Å². The van der Waals surface area contributed by atoms with Crippen molar-refractivity contribution in [3.63, 3.8) is 0 Å². The third kappa shape index (κ3) is 3.09. The van der Waals surface area contributed by atoms with Gasteiger partial charge in [-0.25, -0.2) is 4.98 Å². The van der Waals surface area contributed by atoms with Crippen molar-refractivity contribution in [2.24, 2.45) is 0 Å². The number of nitrogens with zero attached hydrogens (tertiary/aromatic N) is 1. The Hall–Kier alpha value is -2.41. The van der Waals surface area contributed by atoms with Gasteiger partial charge in [0.15, 0.2) is 10.9 Å². The van der Waals surface area contributed by atoms with Crippen molar-refractivity contribution in [3.05, 3.63) is 34.3 Å². The maximum absolute atomic E-state index is 12.5. The highest BCUT2D eigenvalue weighted by molar-refractivity contribution is 7.17. The number of anilines is 1. The molecule has 1 aromatic heterocycles. The molecule has 0 aliphatic carbocycles. The Morgan fingerprint density at radius 2 is 1.77 bits per heavy atom. The molecule has 0 saturated heterocycles. The Morgan fingerprint density at radius 1 is 1.18 bits per heavy atom.